The van der Waals surface area contributed by atoms with E-state index in [-0.39, 0.29) is 17.5 Å². The number of carbonyl (C=O) groups is 3. The van der Waals surface area contributed by atoms with Gasteiger partial charge in [0, 0.05) is 29.6 Å². The normalized spacial score (nSPS) is 11.7. The fraction of sp³-hybridized carbons (Fsp3) is 0.316. The lowest BCUT2D eigenvalue weighted by Gasteiger charge is -2.14. The van der Waals surface area contributed by atoms with E-state index < -0.39 is 6.04 Å². The van der Waals surface area contributed by atoms with Crippen molar-refractivity contribution in [3.63, 3.8) is 0 Å². The highest BCUT2D eigenvalue weighted by Crippen LogP contribution is 2.21. The summed E-state index contributed by atoms with van der Waals surface area (Å²) < 4.78 is 0. The number of nitrogens with one attached hydrogen (secondary N) is 3. The minimum absolute atomic E-state index is 0.0560. The van der Waals surface area contributed by atoms with E-state index in [0.717, 1.165) is 5.69 Å². The van der Waals surface area contributed by atoms with Gasteiger partial charge < -0.3 is 15.6 Å². The average Bonchev–Trinajstić information content (AvgIpc) is 2.82. The topological polar surface area (TPSA) is 91.1 Å². The summed E-state index contributed by atoms with van der Waals surface area (Å²) in [5, 5.41) is 5.83. The van der Waals surface area contributed by atoms with E-state index in [1.165, 1.54) is 13.8 Å². The molecule has 0 saturated carbocycles. The summed E-state index contributed by atoms with van der Waals surface area (Å²) in [5.41, 5.74) is 3.89. The number of benzene rings is 1. The van der Waals surface area contributed by atoms with Gasteiger partial charge in [-0.25, -0.2) is 0 Å². The molecule has 1 atom stereocenters. The van der Waals surface area contributed by atoms with E-state index in [4.69, 9.17) is 0 Å². The molecule has 2 aromatic rings. The van der Waals surface area contributed by atoms with Crippen LogP contribution < -0.4 is 10.6 Å². The van der Waals surface area contributed by atoms with Crippen molar-refractivity contribution in [1.82, 2.24) is 4.98 Å². The van der Waals surface area contributed by atoms with Gasteiger partial charge in [0.05, 0.1) is 11.7 Å². The second kappa shape index (κ2) is 7.34. The number of H-pyrrole nitrogens is 1. The van der Waals surface area contributed by atoms with Gasteiger partial charge in [-0.05, 0) is 57.5 Å². The van der Waals surface area contributed by atoms with Gasteiger partial charge in [-0.2, -0.15) is 0 Å². The Balaban J connectivity index is 2.14. The molecule has 0 spiro atoms. The minimum atomic E-state index is -0.469. The molecule has 1 heterocycles. The largest absolute Gasteiger partial charge is 0.375 e. The van der Waals surface area contributed by atoms with Crippen LogP contribution in [0.3, 0.4) is 0 Å². The van der Waals surface area contributed by atoms with Crippen LogP contribution in [-0.4, -0.2) is 28.5 Å². The molecule has 1 amide bonds. The Morgan fingerprint density at radius 2 is 1.56 bits per heavy atom. The number of amides is 1. The molecular formula is C19H23N3O3. The predicted molar refractivity (Wildman–Crippen MR) is 98.4 cm³/mol. The number of aryl methyl sites for hydroxylation is 1. The summed E-state index contributed by atoms with van der Waals surface area (Å²) >= 11 is 0. The molecule has 2 rings (SSSR count). The number of hydrogen-bond donors (Lipinski definition) is 3. The smallest absolute Gasteiger partial charge is 0.221 e. The molecule has 0 radical (unpaired) electrons. The fourth-order valence-electron chi connectivity index (χ4n) is 2.91. The summed E-state index contributed by atoms with van der Waals surface area (Å²) in [6.45, 7) is 8.29. The standard InChI is InChI=1S/C19H23N3O3/c1-10-17(13(4)23)11(2)21-18(10)19(25)12(3)20-15-6-8-16(9-7-15)22-14(5)24/h6-9,12,20-21H,1-5H3,(H,22,24)/t12-/m0/s1. The molecular weight excluding hydrogens is 318 g/mol. The van der Waals surface area contributed by atoms with Crippen molar-refractivity contribution in [2.24, 2.45) is 0 Å². The van der Waals surface area contributed by atoms with Crippen molar-refractivity contribution in [1.29, 1.82) is 0 Å². The molecule has 0 bridgehead atoms. The number of Topliss-reactive ketones (excluding diaryl/α,β-unsaturated/α-hetero) is 2. The van der Waals surface area contributed by atoms with Gasteiger partial charge in [-0.1, -0.05) is 0 Å². The second-order valence-electron chi connectivity index (χ2n) is 6.17. The molecule has 25 heavy (non-hydrogen) atoms. The van der Waals surface area contributed by atoms with Crippen LogP contribution in [0.25, 0.3) is 0 Å². The Hall–Kier alpha value is -2.89. The van der Waals surface area contributed by atoms with Crippen LogP contribution in [0.1, 0.15) is 52.9 Å². The van der Waals surface area contributed by atoms with Gasteiger partial charge in [0.15, 0.2) is 5.78 Å². The van der Waals surface area contributed by atoms with Gasteiger partial charge in [0.2, 0.25) is 11.7 Å². The Bertz CT molecular complexity index is 819. The van der Waals surface area contributed by atoms with Crippen molar-refractivity contribution >= 4 is 28.8 Å². The molecule has 1 aromatic heterocycles. The van der Waals surface area contributed by atoms with Crippen molar-refractivity contribution in [2.75, 3.05) is 10.6 Å². The Labute approximate surface area is 147 Å². The van der Waals surface area contributed by atoms with Crippen molar-refractivity contribution < 1.29 is 14.4 Å². The Morgan fingerprint density at radius 1 is 1.00 bits per heavy atom. The zero-order valence-corrected chi connectivity index (χ0v) is 15.1. The maximum atomic E-state index is 12.7. The molecule has 6 heteroatoms. The number of ketones is 2. The van der Waals surface area contributed by atoms with Crippen LogP contribution in [0, 0.1) is 13.8 Å². The summed E-state index contributed by atoms with van der Waals surface area (Å²) in [6, 6.07) is 6.65. The van der Waals surface area contributed by atoms with Crippen LogP contribution in [-0.2, 0) is 4.79 Å². The quantitative estimate of drug-likeness (QED) is 0.702. The summed E-state index contributed by atoms with van der Waals surface area (Å²) in [5.74, 6) is -0.304. The summed E-state index contributed by atoms with van der Waals surface area (Å²) in [7, 11) is 0. The zero-order chi connectivity index (χ0) is 18.7. The average molecular weight is 341 g/mol. The van der Waals surface area contributed by atoms with Gasteiger partial charge in [-0.3, -0.25) is 14.4 Å². The number of aromatic nitrogens is 1. The van der Waals surface area contributed by atoms with Gasteiger partial charge in [-0.15, -0.1) is 0 Å². The highest BCUT2D eigenvalue weighted by atomic mass is 16.1. The van der Waals surface area contributed by atoms with Crippen molar-refractivity contribution in [3.8, 4) is 0 Å². The van der Waals surface area contributed by atoms with Crippen LogP contribution in [0.15, 0.2) is 24.3 Å². The van der Waals surface area contributed by atoms with E-state index in [9.17, 15) is 14.4 Å². The van der Waals surface area contributed by atoms with Crippen molar-refractivity contribution in [2.45, 2.75) is 40.7 Å². The maximum Gasteiger partial charge on any atom is 0.221 e. The van der Waals surface area contributed by atoms with E-state index in [1.807, 2.05) is 0 Å². The molecule has 6 nitrogen and oxygen atoms in total. The first-order chi connectivity index (χ1) is 11.7. The fourth-order valence-corrected chi connectivity index (χ4v) is 2.91. The number of aromatic amines is 1. The third kappa shape index (κ3) is 4.15. The number of anilines is 2. The maximum absolute atomic E-state index is 12.7. The lowest BCUT2D eigenvalue weighted by molar-refractivity contribution is -0.114. The van der Waals surface area contributed by atoms with E-state index in [1.54, 1.807) is 45.0 Å². The monoisotopic (exact) mass is 341 g/mol. The molecule has 0 fully saturated rings. The van der Waals surface area contributed by atoms with Gasteiger partial charge >= 0.3 is 0 Å². The number of carbonyl (C=O) groups excluding carboxylic acids is 3. The van der Waals surface area contributed by atoms with E-state index in [0.29, 0.717) is 28.2 Å². The molecule has 0 unspecified atom stereocenters. The van der Waals surface area contributed by atoms with E-state index >= 15 is 0 Å². The predicted octanol–water partition coefficient (Wildman–Crippen LogP) is 3.48. The van der Waals surface area contributed by atoms with Crippen LogP contribution in [0.2, 0.25) is 0 Å². The number of hydrogen-bond acceptors (Lipinski definition) is 4. The van der Waals surface area contributed by atoms with Gasteiger partial charge in [0.25, 0.3) is 0 Å². The summed E-state index contributed by atoms with van der Waals surface area (Å²) in [4.78, 5) is 38.5. The molecule has 132 valence electrons. The molecule has 0 aliphatic carbocycles. The molecule has 3 N–H and O–H groups in total. The molecule has 0 aliphatic heterocycles. The lowest BCUT2D eigenvalue weighted by atomic mass is 10.0. The van der Waals surface area contributed by atoms with Crippen LogP contribution in [0.4, 0.5) is 11.4 Å². The first-order valence-corrected chi connectivity index (χ1v) is 8.09. The zero-order valence-electron chi connectivity index (χ0n) is 15.1. The Morgan fingerprint density at radius 3 is 2.04 bits per heavy atom. The third-order valence-electron chi connectivity index (χ3n) is 4.02. The summed E-state index contributed by atoms with van der Waals surface area (Å²) in [6.07, 6.45) is 0. The molecule has 1 aromatic carbocycles. The van der Waals surface area contributed by atoms with Crippen LogP contribution in [0.5, 0.6) is 0 Å². The van der Waals surface area contributed by atoms with Crippen molar-refractivity contribution in [3.05, 3.63) is 46.8 Å². The van der Waals surface area contributed by atoms with Gasteiger partial charge in [0.1, 0.15) is 0 Å². The molecule has 0 aliphatic rings. The first kappa shape index (κ1) is 18.4. The van der Waals surface area contributed by atoms with Crippen LogP contribution >= 0.6 is 0 Å². The lowest BCUT2D eigenvalue weighted by Crippen LogP contribution is -2.27. The highest BCUT2D eigenvalue weighted by Gasteiger charge is 2.23. The minimum Gasteiger partial charge on any atom is -0.375 e. The number of rotatable bonds is 6. The first-order valence-electron chi connectivity index (χ1n) is 8.09. The SMILES string of the molecule is CC(=O)Nc1ccc(N[C@@H](C)C(=O)c2[nH]c(C)c(C(C)=O)c2C)cc1. The Kier molecular flexibility index (Phi) is 5.41. The van der Waals surface area contributed by atoms with E-state index in [2.05, 4.69) is 15.6 Å². The second-order valence-corrected chi connectivity index (χ2v) is 6.17. The third-order valence-corrected chi connectivity index (χ3v) is 4.02. The molecule has 0 saturated heterocycles. The highest BCUT2D eigenvalue weighted by molar-refractivity contribution is 6.05.